The molecule has 1 aromatic carbocycles. The van der Waals surface area contributed by atoms with E-state index in [1.54, 1.807) is 6.07 Å². The van der Waals surface area contributed by atoms with Crippen LogP contribution in [0.2, 0.25) is 0 Å². The van der Waals surface area contributed by atoms with Crippen LogP contribution in [0.3, 0.4) is 0 Å². The van der Waals surface area contributed by atoms with Crippen molar-refractivity contribution in [3.8, 4) is 6.07 Å². The third-order valence-electron chi connectivity index (χ3n) is 2.58. The first-order chi connectivity index (χ1) is 10.0. The van der Waals surface area contributed by atoms with Gasteiger partial charge < -0.3 is 0 Å². The lowest BCUT2D eigenvalue weighted by atomic mass is 10.2. The first kappa shape index (κ1) is 18.3. The van der Waals surface area contributed by atoms with Gasteiger partial charge in [-0.3, -0.25) is 0 Å². The molecule has 0 fully saturated rings. The van der Waals surface area contributed by atoms with Crippen LogP contribution in [-0.4, -0.2) is 32.0 Å². The van der Waals surface area contributed by atoms with E-state index in [0.717, 1.165) is 12.1 Å². The molecule has 0 amide bonds. The van der Waals surface area contributed by atoms with Crippen molar-refractivity contribution in [2.24, 2.45) is 0 Å². The highest BCUT2D eigenvalue weighted by Gasteiger charge is 2.36. The average molecular weight is 342 g/mol. The first-order valence-corrected chi connectivity index (χ1v) is 7.51. The van der Waals surface area contributed by atoms with E-state index in [0.29, 0.717) is 6.07 Å². The molecule has 0 N–H and O–H groups in total. The molecule has 10 heteroatoms. The summed E-state index contributed by atoms with van der Waals surface area (Å²) in [6.45, 7) is -2.44. The second kappa shape index (κ2) is 7.02. The maximum Gasteiger partial charge on any atom is 0.402 e. The van der Waals surface area contributed by atoms with E-state index in [4.69, 9.17) is 5.26 Å². The number of halogens is 5. The van der Waals surface area contributed by atoms with Gasteiger partial charge in [0.05, 0.1) is 11.8 Å². The molecule has 4 nitrogen and oxygen atoms in total. The quantitative estimate of drug-likeness (QED) is 0.747. The van der Waals surface area contributed by atoms with Crippen LogP contribution in [0.5, 0.6) is 0 Å². The topological polar surface area (TPSA) is 61.2 Å². The zero-order chi connectivity index (χ0) is 17.0. The molecule has 0 heterocycles. The summed E-state index contributed by atoms with van der Waals surface area (Å²) in [5, 5.41) is 8.39. The maximum absolute atomic E-state index is 13.4. The normalized spacial score (nSPS) is 12.4. The minimum atomic E-state index is -4.80. The molecule has 0 unspecified atom stereocenters. The molecule has 0 aliphatic carbocycles. The van der Waals surface area contributed by atoms with Gasteiger partial charge in [-0.25, -0.2) is 17.2 Å². The van der Waals surface area contributed by atoms with Crippen molar-refractivity contribution in [2.75, 3.05) is 13.1 Å². The van der Waals surface area contributed by atoms with Gasteiger partial charge in [0, 0.05) is 24.6 Å². The van der Waals surface area contributed by atoms with E-state index >= 15 is 0 Å². The zero-order valence-electron chi connectivity index (χ0n) is 11.1. The number of sulfonamides is 1. The predicted molar refractivity (Wildman–Crippen MR) is 66.8 cm³/mol. The van der Waals surface area contributed by atoms with E-state index < -0.39 is 58.7 Å². The molecule has 1 aromatic rings. The molecule has 0 aliphatic heterocycles. The lowest BCUT2D eigenvalue weighted by Gasteiger charge is -2.22. The van der Waals surface area contributed by atoms with E-state index in [2.05, 4.69) is 0 Å². The number of rotatable bonds is 6. The van der Waals surface area contributed by atoms with Crippen LogP contribution in [0.4, 0.5) is 22.0 Å². The number of benzene rings is 1. The van der Waals surface area contributed by atoms with Gasteiger partial charge in [0.25, 0.3) is 0 Å². The van der Waals surface area contributed by atoms with Crippen LogP contribution >= 0.6 is 0 Å². The highest BCUT2D eigenvalue weighted by Crippen LogP contribution is 2.22. The van der Waals surface area contributed by atoms with Gasteiger partial charge in [0.2, 0.25) is 10.0 Å². The fourth-order valence-corrected chi connectivity index (χ4v) is 3.14. The van der Waals surface area contributed by atoms with Gasteiger partial charge in [-0.05, 0) is 6.07 Å². The molecular weight excluding hydrogens is 331 g/mol. The SMILES string of the molecule is N#CCCN(CC(F)(F)F)S(=O)(=O)Cc1ccc(F)cc1F. The standard InChI is InChI=1S/C12H11F5N2O2S/c13-10-3-2-9(11(14)6-10)7-22(20,21)19(5-1-4-18)8-12(15,16)17/h2-3,6H,1,5,7-8H2. The summed E-state index contributed by atoms with van der Waals surface area (Å²) in [4.78, 5) is 0. The van der Waals surface area contributed by atoms with Crippen molar-refractivity contribution in [3.05, 3.63) is 35.4 Å². The predicted octanol–water partition coefficient (Wildman–Crippen LogP) is 2.57. The van der Waals surface area contributed by atoms with Crippen LogP contribution < -0.4 is 0 Å². The summed E-state index contributed by atoms with van der Waals surface area (Å²) in [5.74, 6) is -3.16. The summed E-state index contributed by atoms with van der Waals surface area (Å²) < 4.78 is 87.5. The maximum atomic E-state index is 13.4. The first-order valence-electron chi connectivity index (χ1n) is 5.90. The number of alkyl halides is 3. The Morgan fingerprint density at radius 3 is 2.36 bits per heavy atom. The van der Waals surface area contributed by atoms with Gasteiger partial charge in [-0.15, -0.1) is 0 Å². The summed E-state index contributed by atoms with van der Waals surface area (Å²) in [6.07, 6.45) is -5.24. The fraction of sp³-hybridized carbons (Fsp3) is 0.417. The number of nitriles is 1. The molecule has 0 saturated carbocycles. The van der Waals surface area contributed by atoms with E-state index in [1.807, 2.05) is 0 Å². The van der Waals surface area contributed by atoms with Crippen molar-refractivity contribution in [3.63, 3.8) is 0 Å². The van der Waals surface area contributed by atoms with Crippen LogP contribution in [0, 0.1) is 23.0 Å². The molecule has 0 spiro atoms. The Bertz CT molecular complexity index is 667. The van der Waals surface area contributed by atoms with Gasteiger partial charge in [0.15, 0.2) is 0 Å². The number of hydrogen-bond donors (Lipinski definition) is 0. The molecule has 22 heavy (non-hydrogen) atoms. The van der Waals surface area contributed by atoms with Crippen LogP contribution in [0.1, 0.15) is 12.0 Å². The molecule has 0 aliphatic rings. The van der Waals surface area contributed by atoms with Crippen molar-refractivity contribution in [2.45, 2.75) is 18.3 Å². The lowest BCUT2D eigenvalue weighted by Crippen LogP contribution is -2.40. The molecule has 0 atom stereocenters. The fourth-order valence-electron chi connectivity index (χ4n) is 1.62. The van der Waals surface area contributed by atoms with Crippen molar-refractivity contribution >= 4 is 10.0 Å². The minimum absolute atomic E-state index is 0.0685. The molecule has 1 rings (SSSR count). The van der Waals surface area contributed by atoms with Gasteiger partial charge >= 0.3 is 6.18 Å². The van der Waals surface area contributed by atoms with Crippen molar-refractivity contribution in [1.82, 2.24) is 4.31 Å². The van der Waals surface area contributed by atoms with Gasteiger partial charge in [-0.2, -0.15) is 22.7 Å². The van der Waals surface area contributed by atoms with Crippen molar-refractivity contribution in [1.29, 1.82) is 5.26 Å². The Kier molecular flexibility index (Phi) is 5.85. The molecule has 0 aromatic heterocycles. The van der Waals surface area contributed by atoms with Crippen molar-refractivity contribution < 1.29 is 30.4 Å². The average Bonchev–Trinajstić information content (AvgIpc) is 2.36. The number of nitrogens with zero attached hydrogens (tertiary/aromatic N) is 2. The Balaban J connectivity index is 3.03. The highest BCUT2D eigenvalue weighted by atomic mass is 32.2. The van der Waals surface area contributed by atoms with Crippen LogP contribution in [0.25, 0.3) is 0 Å². The summed E-state index contributed by atoms with van der Waals surface area (Å²) in [5.41, 5.74) is -0.453. The van der Waals surface area contributed by atoms with Gasteiger partial charge in [0.1, 0.15) is 18.2 Å². The van der Waals surface area contributed by atoms with E-state index in [-0.39, 0.29) is 4.31 Å². The Hall–Kier alpha value is -1.73. The van der Waals surface area contributed by atoms with E-state index in [1.165, 1.54) is 0 Å². The van der Waals surface area contributed by atoms with Crippen LogP contribution in [0.15, 0.2) is 18.2 Å². The largest absolute Gasteiger partial charge is 0.402 e. The third-order valence-corrected chi connectivity index (χ3v) is 4.35. The minimum Gasteiger partial charge on any atom is -0.212 e. The highest BCUT2D eigenvalue weighted by molar-refractivity contribution is 7.88. The molecule has 0 bridgehead atoms. The molecule has 122 valence electrons. The number of hydrogen-bond acceptors (Lipinski definition) is 3. The smallest absolute Gasteiger partial charge is 0.212 e. The molecule has 0 radical (unpaired) electrons. The summed E-state index contributed by atoms with van der Waals surface area (Å²) in [7, 11) is -4.52. The molecular formula is C12H11F5N2O2S. The lowest BCUT2D eigenvalue weighted by molar-refractivity contribution is -0.136. The Labute approximate surface area is 123 Å². The Morgan fingerprint density at radius 2 is 1.86 bits per heavy atom. The van der Waals surface area contributed by atoms with Gasteiger partial charge in [-0.1, -0.05) is 6.07 Å². The molecule has 0 saturated heterocycles. The summed E-state index contributed by atoms with van der Waals surface area (Å²) in [6, 6.07) is 3.63. The third kappa shape index (κ3) is 5.57. The van der Waals surface area contributed by atoms with E-state index in [9.17, 15) is 30.4 Å². The summed E-state index contributed by atoms with van der Waals surface area (Å²) >= 11 is 0. The second-order valence-corrected chi connectivity index (χ2v) is 6.32. The monoisotopic (exact) mass is 342 g/mol. The zero-order valence-corrected chi connectivity index (χ0v) is 11.9. The van der Waals surface area contributed by atoms with Crippen LogP contribution in [-0.2, 0) is 15.8 Å². The Morgan fingerprint density at radius 1 is 1.23 bits per heavy atom. The second-order valence-electron chi connectivity index (χ2n) is 4.35.